The van der Waals surface area contributed by atoms with Crippen LogP contribution in [0.1, 0.15) is 0 Å². The van der Waals surface area contributed by atoms with Gasteiger partial charge in [0.2, 0.25) is 0 Å². The van der Waals surface area contributed by atoms with Gasteiger partial charge in [0, 0.05) is 18.0 Å². The molecular formula is C12H8Cl2N4. The van der Waals surface area contributed by atoms with Gasteiger partial charge >= 0.3 is 0 Å². The lowest BCUT2D eigenvalue weighted by Gasteiger charge is -1.96. The Bertz CT molecular complexity index is 697. The van der Waals surface area contributed by atoms with Gasteiger partial charge in [0.05, 0.1) is 26.8 Å². The maximum Gasteiger partial charge on any atom is 0.140 e. The molecule has 0 bridgehead atoms. The number of rotatable bonds is 1. The van der Waals surface area contributed by atoms with Gasteiger partial charge < -0.3 is 10.7 Å². The van der Waals surface area contributed by atoms with Crippen molar-refractivity contribution < 1.29 is 0 Å². The van der Waals surface area contributed by atoms with E-state index in [1.54, 1.807) is 30.6 Å². The molecule has 4 nitrogen and oxygen atoms in total. The Labute approximate surface area is 113 Å². The highest BCUT2D eigenvalue weighted by molar-refractivity contribution is 6.42. The van der Waals surface area contributed by atoms with E-state index in [4.69, 9.17) is 28.9 Å². The number of hydrogen-bond acceptors (Lipinski definition) is 3. The van der Waals surface area contributed by atoms with Crippen molar-refractivity contribution >= 4 is 39.9 Å². The van der Waals surface area contributed by atoms with Crippen molar-refractivity contribution in [1.82, 2.24) is 15.0 Å². The number of aromatic nitrogens is 3. The minimum Gasteiger partial charge on any atom is -0.397 e. The Balaban J connectivity index is 2.19. The Hall–Kier alpha value is -1.78. The van der Waals surface area contributed by atoms with Gasteiger partial charge in [0.25, 0.3) is 0 Å². The van der Waals surface area contributed by atoms with Crippen molar-refractivity contribution in [3.63, 3.8) is 0 Å². The van der Waals surface area contributed by atoms with Gasteiger partial charge in [0.15, 0.2) is 0 Å². The molecule has 3 N–H and O–H groups in total. The van der Waals surface area contributed by atoms with Crippen LogP contribution in [0.15, 0.2) is 30.6 Å². The van der Waals surface area contributed by atoms with E-state index in [2.05, 4.69) is 15.0 Å². The highest BCUT2D eigenvalue weighted by Crippen LogP contribution is 2.28. The maximum absolute atomic E-state index is 5.96. The van der Waals surface area contributed by atoms with Gasteiger partial charge in [-0.05, 0) is 18.2 Å². The molecule has 0 saturated carbocycles. The van der Waals surface area contributed by atoms with Crippen LogP contribution in [0.2, 0.25) is 10.0 Å². The third-order valence-corrected chi connectivity index (χ3v) is 3.28. The number of imidazole rings is 1. The van der Waals surface area contributed by atoms with Gasteiger partial charge in [-0.25, -0.2) is 4.98 Å². The molecular weight excluding hydrogens is 271 g/mol. The third kappa shape index (κ3) is 1.89. The monoisotopic (exact) mass is 278 g/mol. The molecule has 6 heteroatoms. The number of nitrogens with two attached hydrogens (primary N) is 1. The summed E-state index contributed by atoms with van der Waals surface area (Å²) in [7, 11) is 0. The van der Waals surface area contributed by atoms with E-state index < -0.39 is 0 Å². The zero-order chi connectivity index (χ0) is 12.7. The number of nitrogens with one attached hydrogen (secondary N) is 1. The van der Waals surface area contributed by atoms with Crippen molar-refractivity contribution in [1.29, 1.82) is 0 Å². The first-order valence-corrected chi connectivity index (χ1v) is 5.95. The molecule has 0 aliphatic rings. The average molecular weight is 279 g/mol. The lowest BCUT2D eigenvalue weighted by atomic mass is 10.2. The molecule has 0 radical (unpaired) electrons. The number of anilines is 1. The van der Waals surface area contributed by atoms with E-state index in [1.807, 2.05) is 0 Å². The quantitative estimate of drug-likeness (QED) is 0.716. The van der Waals surface area contributed by atoms with Gasteiger partial charge in [-0.2, -0.15) is 0 Å². The SMILES string of the molecule is Nc1cncc(-c2nc3cc(Cl)c(Cl)cc3[nH]2)c1. The Morgan fingerprint density at radius 2 is 1.83 bits per heavy atom. The summed E-state index contributed by atoms with van der Waals surface area (Å²) < 4.78 is 0. The fraction of sp³-hybridized carbons (Fsp3) is 0. The second-order valence-electron chi connectivity index (χ2n) is 3.88. The molecule has 2 heterocycles. The minimum atomic E-state index is 0.480. The maximum atomic E-state index is 5.96. The molecule has 0 atom stereocenters. The number of aromatic amines is 1. The van der Waals surface area contributed by atoms with E-state index in [-0.39, 0.29) is 0 Å². The summed E-state index contributed by atoms with van der Waals surface area (Å²) in [6.07, 6.45) is 3.27. The molecule has 3 rings (SSSR count). The fourth-order valence-corrected chi connectivity index (χ4v) is 2.05. The highest BCUT2D eigenvalue weighted by Gasteiger charge is 2.08. The molecule has 0 amide bonds. The first-order valence-electron chi connectivity index (χ1n) is 5.19. The molecule has 0 saturated heterocycles. The molecule has 0 unspecified atom stereocenters. The van der Waals surface area contributed by atoms with Crippen molar-refractivity contribution in [3.8, 4) is 11.4 Å². The lowest BCUT2D eigenvalue weighted by molar-refractivity contribution is 1.28. The van der Waals surface area contributed by atoms with Gasteiger partial charge in [-0.15, -0.1) is 0 Å². The predicted octanol–water partition coefficient (Wildman–Crippen LogP) is 3.51. The number of nitrogens with zero attached hydrogens (tertiary/aromatic N) is 2. The molecule has 0 aliphatic heterocycles. The fourth-order valence-electron chi connectivity index (χ4n) is 1.73. The smallest absolute Gasteiger partial charge is 0.140 e. The molecule has 90 valence electrons. The van der Waals surface area contributed by atoms with Crippen molar-refractivity contribution in [2.75, 3.05) is 5.73 Å². The number of halogens is 2. The molecule has 3 aromatic rings. The van der Waals surface area contributed by atoms with Crippen LogP contribution in [0.25, 0.3) is 22.4 Å². The van der Waals surface area contributed by atoms with Gasteiger partial charge in [-0.3, -0.25) is 4.98 Å². The summed E-state index contributed by atoms with van der Waals surface area (Å²) >= 11 is 11.9. The number of fused-ring (bicyclic) bond motifs is 1. The zero-order valence-corrected chi connectivity index (χ0v) is 10.6. The van der Waals surface area contributed by atoms with E-state index in [0.29, 0.717) is 21.6 Å². The van der Waals surface area contributed by atoms with Crippen LogP contribution in [0.3, 0.4) is 0 Å². The first-order chi connectivity index (χ1) is 8.63. The number of pyridine rings is 1. The Kier molecular flexibility index (Phi) is 2.61. The summed E-state index contributed by atoms with van der Waals surface area (Å²) in [6, 6.07) is 5.27. The molecule has 2 aromatic heterocycles. The number of hydrogen-bond donors (Lipinski definition) is 2. The summed E-state index contributed by atoms with van der Waals surface area (Å²) in [5.41, 5.74) is 8.67. The predicted molar refractivity (Wildman–Crippen MR) is 73.8 cm³/mol. The highest BCUT2D eigenvalue weighted by atomic mass is 35.5. The first kappa shape index (κ1) is 11.3. The Morgan fingerprint density at radius 3 is 2.61 bits per heavy atom. The van der Waals surface area contributed by atoms with Crippen molar-refractivity contribution in [2.24, 2.45) is 0 Å². The van der Waals surface area contributed by atoms with Crippen LogP contribution >= 0.6 is 23.2 Å². The van der Waals surface area contributed by atoms with E-state index >= 15 is 0 Å². The lowest BCUT2D eigenvalue weighted by Crippen LogP contribution is -1.88. The molecule has 0 fully saturated rings. The largest absolute Gasteiger partial charge is 0.397 e. The molecule has 1 aromatic carbocycles. The van der Waals surface area contributed by atoms with Gasteiger partial charge in [0.1, 0.15) is 5.82 Å². The van der Waals surface area contributed by atoms with Crippen LogP contribution in [-0.4, -0.2) is 15.0 Å². The van der Waals surface area contributed by atoms with Crippen molar-refractivity contribution in [3.05, 3.63) is 40.6 Å². The van der Waals surface area contributed by atoms with E-state index in [9.17, 15) is 0 Å². The normalized spacial score (nSPS) is 11.0. The molecule has 0 aliphatic carbocycles. The number of benzene rings is 1. The summed E-state index contributed by atoms with van der Waals surface area (Å²) in [5, 5.41) is 0.970. The molecule has 0 spiro atoms. The van der Waals surface area contributed by atoms with E-state index in [1.165, 1.54) is 0 Å². The topological polar surface area (TPSA) is 67.6 Å². The second-order valence-corrected chi connectivity index (χ2v) is 4.69. The third-order valence-electron chi connectivity index (χ3n) is 2.56. The van der Waals surface area contributed by atoms with Crippen LogP contribution in [0, 0.1) is 0 Å². The summed E-state index contributed by atoms with van der Waals surface area (Å²) in [6.45, 7) is 0. The zero-order valence-electron chi connectivity index (χ0n) is 9.11. The van der Waals surface area contributed by atoms with Crippen LogP contribution < -0.4 is 5.73 Å². The Morgan fingerprint density at radius 1 is 1.06 bits per heavy atom. The standard InChI is InChI=1S/C12H8Cl2N4/c13-8-2-10-11(3-9(8)14)18-12(17-10)6-1-7(15)5-16-4-6/h1-5H,15H2,(H,17,18). The van der Waals surface area contributed by atoms with Gasteiger partial charge in [-0.1, -0.05) is 23.2 Å². The van der Waals surface area contributed by atoms with Crippen LogP contribution in [-0.2, 0) is 0 Å². The number of H-pyrrole nitrogens is 1. The van der Waals surface area contributed by atoms with Crippen LogP contribution in [0.4, 0.5) is 5.69 Å². The molecule has 18 heavy (non-hydrogen) atoms. The average Bonchev–Trinajstić information content (AvgIpc) is 2.73. The summed E-state index contributed by atoms with van der Waals surface area (Å²) in [5.74, 6) is 0.683. The van der Waals surface area contributed by atoms with E-state index in [0.717, 1.165) is 16.6 Å². The van der Waals surface area contributed by atoms with Crippen molar-refractivity contribution in [2.45, 2.75) is 0 Å². The summed E-state index contributed by atoms with van der Waals surface area (Å²) in [4.78, 5) is 11.6. The number of nitrogen functional groups attached to an aromatic ring is 1. The minimum absolute atomic E-state index is 0.480. The van der Waals surface area contributed by atoms with Crippen LogP contribution in [0.5, 0.6) is 0 Å². The second kappa shape index (κ2) is 4.15.